The average Bonchev–Trinajstić information content (AvgIpc) is 2.95. The average molecular weight is 316 g/mol. The van der Waals surface area contributed by atoms with E-state index < -0.39 is 0 Å². The van der Waals surface area contributed by atoms with Gasteiger partial charge in [0.1, 0.15) is 18.3 Å². The molecule has 1 aliphatic rings. The number of nitrogens with zero attached hydrogens (tertiary/aromatic N) is 4. The van der Waals surface area contributed by atoms with Crippen LogP contribution in [0.15, 0.2) is 22.9 Å². The first-order valence-electron chi connectivity index (χ1n) is 7.76. The Morgan fingerprint density at radius 3 is 2.78 bits per heavy atom. The Morgan fingerprint density at radius 1 is 1.35 bits per heavy atom. The lowest BCUT2D eigenvalue weighted by molar-refractivity contribution is -0.132. The van der Waals surface area contributed by atoms with Crippen molar-refractivity contribution >= 4 is 5.91 Å². The first-order valence-corrected chi connectivity index (χ1v) is 7.76. The number of hydrogen-bond acceptors (Lipinski definition) is 6. The number of aryl methyl sites for hydroxylation is 2. The summed E-state index contributed by atoms with van der Waals surface area (Å²) in [6.07, 6.45) is 5.45. The van der Waals surface area contributed by atoms with Gasteiger partial charge in [-0.15, -0.1) is 10.2 Å². The number of rotatable bonds is 4. The van der Waals surface area contributed by atoms with Crippen LogP contribution < -0.4 is 4.74 Å². The molecule has 2 aromatic heterocycles. The molecule has 0 aliphatic carbocycles. The molecule has 1 aliphatic heterocycles. The molecule has 0 spiro atoms. The van der Waals surface area contributed by atoms with Crippen LogP contribution in [0.2, 0.25) is 0 Å². The van der Waals surface area contributed by atoms with E-state index in [1.54, 1.807) is 19.3 Å². The fraction of sp³-hybridized carbons (Fsp3) is 0.500. The van der Waals surface area contributed by atoms with Crippen LogP contribution in [0.5, 0.6) is 5.75 Å². The smallest absolute Gasteiger partial charge is 0.231 e. The molecule has 122 valence electrons. The van der Waals surface area contributed by atoms with Gasteiger partial charge in [-0.1, -0.05) is 0 Å². The molecule has 0 radical (unpaired) electrons. The lowest BCUT2D eigenvalue weighted by Gasteiger charge is -2.32. The van der Waals surface area contributed by atoms with Crippen molar-refractivity contribution in [3.63, 3.8) is 0 Å². The van der Waals surface area contributed by atoms with E-state index in [0.29, 0.717) is 24.9 Å². The van der Waals surface area contributed by atoms with E-state index in [9.17, 15) is 4.79 Å². The molecule has 1 fully saturated rings. The maximum absolute atomic E-state index is 12.2. The van der Waals surface area contributed by atoms with Crippen molar-refractivity contribution in [1.82, 2.24) is 20.1 Å². The highest BCUT2D eigenvalue weighted by atomic mass is 16.5. The summed E-state index contributed by atoms with van der Waals surface area (Å²) in [5.74, 6) is 1.74. The Balaban J connectivity index is 1.50. The molecular weight excluding hydrogens is 296 g/mol. The minimum Gasteiger partial charge on any atom is -0.490 e. The molecular formula is C16H20N4O3. The monoisotopic (exact) mass is 316 g/mol. The minimum atomic E-state index is 0.0205. The summed E-state index contributed by atoms with van der Waals surface area (Å²) in [5.41, 5.74) is 1.03. The van der Waals surface area contributed by atoms with Gasteiger partial charge < -0.3 is 14.1 Å². The molecule has 0 atom stereocenters. The van der Waals surface area contributed by atoms with Crippen molar-refractivity contribution in [2.75, 3.05) is 13.1 Å². The molecule has 0 bridgehead atoms. The molecule has 7 heteroatoms. The molecule has 0 aromatic carbocycles. The number of pyridine rings is 1. The first kappa shape index (κ1) is 15.5. The molecule has 1 saturated heterocycles. The highest BCUT2D eigenvalue weighted by Crippen LogP contribution is 2.21. The van der Waals surface area contributed by atoms with E-state index in [4.69, 9.17) is 9.15 Å². The highest BCUT2D eigenvalue weighted by molar-refractivity contribution is 5.77. The van der Waals surface area contributed by atoms with E-state index in [1.165, 1.54) is 0 Å². The summed E-state index contributed by atoms with van der Waals surface area (Å²) in [4.78, 5) is 18.1. The SMILES string of the molecule is Cc1nnc(CC(=O)N2CCC(Oc3ccncc3C)CC2)o1. The molecule has 7 nitrogen and oxygen atoms in total. The second kappa shape index (κ2) is 6.76. The van der Waals surface area contributed by atoms with Gasteiger partial charge in [0.15, 0.2) is 0 Å². The van der Waals surface area contributed by atoms with Gasteiger partial charge >= 0.3 is 0 Å². The van der Waals surface area contributed by atoms with E-state index >= 15 is 0 Å². The standard InChI is InChI=1S/C16H20N4O3/c1-11-10-17-6-3-14(11)23-13-4-7-20(8-5-13)16(21)9-15-19-18-12(2)22-15/h3,6,10,13H,4-5,7-9H2,1-2H3. The molecule has 2 aromatic rings. The van der Waals surface area contributed by atoms with Crippen LogP contribution in [0.25, 0.3) is 0 Å². The van der Waals surface area contributed by atoms with Crippen LogP contribution in [-0.4, -0.2) is 45.2 Å². The van der Waals surface area contributed by atoms with E-state index in [0.717, 1.165) is 24.2 Å². The van der Waals surface area contributed by atoms with E-state index in [1.807, 2.05) is 17.9 Å². The molecule has 0 unspecified atom stereocenters. The van der Waals surface area contributed by atoms with E-state index in [-0.39, 0.29) is 18.4 Å². The predicted octanol–water partition coefficient (Wildman–Crippen LogP) is 1.69. The van der Waals surface area contributed by atoms with Crippen molar-refractivity contribution < 1.29 is 13.9 Å². The van der Waals surface area contributed by atoms with Crippen molar-refractivity contribution in [1.29, 1.82) is 0 Å². The van der Waals surface area contributed by atoms with Gasteiger partial charge in [-0.2, -0.15) is 0 Å². The Labute approximate surface area is 134 Å². The number of carbonyl (C=O) groups is 1. The van der Waals surface area contributed by atoms with Crippen LogP contribution >= 0.6 is 0 Å². The highest BCUT2D eigenvalue weighted by Gasteiger charge is 2.25. The molecule has 1 amide bonds. The van der Waals surface area contributed by atoms with Gasteiger partial charge in [-0.05, 0) is 13.0 Å². The largest absolute Gasteiger partial charge is 0.490 e. The summed E-state index contributed by atoms with van der Waals surface area (Å²) < 4.78 is 11.3. The fourth-order valence-electron chi connectivity index (χ4n) is 2.65. The Hall–Kier alpha value is -2.44. The number of hydrogen-bond donors (Lipinski definition) is 0. The van der Waals surface area contributed by atoms with E-state index in [2.05, 4.69) is 15.2 Å². The number of piperidine rings is 1. The van der Waals surface area contributed by atoms with Gasteiger partial charge in [0.25, 0.3) is 0 Å². The lowest BCUT2D eigenvalue weighted by Crippen LogP contribution is -2.42. The predicted molar refractivity (Wildman–Crippen MR) is 81.9 cm³/mol. The summed E-state index contributed by atoms with van der Waals surface area (Å²) in [6.45, 7) is 5.06. The third kappa shape index (κ3) is 3.85. The Kier molecular flexibility index (Phi) is 4.55. The fourth-order valence-corrected chi connectivity index (χ4v) is 2.65. The first-order chi connectivity index (χ1) is 11.1. The molecule has 23 heavy (non-hydrogen) atoms. The zero-order chi connectivity index (χ0) is 16.2. The summed E-state index contributed by atoms with van der Waals surface area (Å²) in [5, 5.41) is 7.61. The Bertz CT molecular complexity index is 677. The Morgan fingerprint density at radius 2 is 2.13 bits per heavy atom. The number of aromatic nitrogens is 3. The van der Waals surface area contributed by atoms with Crippen LogP contribution in [-0.2, 0) is 11.2 Å². The van der Waals surface area contributed by atoms with Gasteiger partial charge in [-0.25, -0.2) is 0 Å². The minimum absolute atomic E-state index is 0.0205. The van der Waals surface area contributed by atoms with Gasteiger partial charge in [0.2, 0.25) is 17.7 Å². The number of ether oxygens (including phenoxy) is 1. The van der Waals surface area contributed by atoms with Crippen LogP contribution in [0.1, 0.15) is 30.2 Å². The summed E-state index contributed by atoms with van der Waals surface area (Å²) in [6, 6.07) is 1.88. The molecule has 0 saturated carbocycles. The maximum atomic E-state index is 12.2. The van der Waals surface area contributed by atoms with Crippen LogP contribution in [0.3, 0.4) is 0 Å². The second-order valence-corrected chi connectivity index (χ2v) is 5.73. The van der Waals surface area contributed by atoms with Gasteiger partial charge in [0.05, 0.1) is 0 Å². The third-order valence-corrected chi connectivity index (χ3v) is 3.93. The third-order valence-electron chi connectivity index (χ3n) is 3.93. The lowest BCUT2D eigenvalue weighted by atomic mass is 10.1. The second-order valence-electron chi connectivity index (χ2n) is 5.73. The number of carbonyl (C=O) groups excluding carboxylic acids is 1. The van der Waals surface area contributed by atoms with Crippen LogP contribution in [0, 0.1) is 13.8 Å². The van der Waals surface area contributed by atoms with Crippen LogP contribution in [0.4, 0.5) is 0 Å². The molecule has 3 rings (SSSR count). The van der Waals surface area contributed by atoms with Crippen molar-refractivity contribution in [3.8, 4) is 5.75 Å². The normalized spacial score (nSPS) is 15.7. The topological polar surface area (TPSA) is 81.4 Å². The van der Waals surface area contributed by atoms with Crippen molar-refractivity contribution in [3.05, 3.63) is 35.8 Å². The summed E-state index contributed by atoms with van der Waals surface area (Å²) >= 11 is 0. The quantitative estimate of drug-likeness (QED) is 0.854. The van der Waals surface area contributed by atoms with Gasteiger partial charge in [-0.3, -0.25) is 9.78 Å². The van der Waals surface area contributed by atoms with Gasteiger partial charge in [0, 0.05) is 50.8 Å². The maximum Gasteiger partial charge on any atom is 0.231 e. The number of amides is 1. The summed E-state index contributed by atoms with van der Waals surface area (Å²) in [7, 11) is 0. The zero-order valence-corrected chi connectivity index (χ0v) is 13.4. The molecule has 3 heterocycles. The molecule has 0 N–H and O–H groups in total. The van der Waals surface area contributed by atoms with Crippen molar-refractivity contribution in [2.24, 2.45) is 0 Å². The van der Waals surface area contributed by atoms with Crippen molar-refractivity contribution in [2.45, 2.75) is 39.2 Å². The number of likely N-dealkylation sites (tertiary alicyclic amines) is 1. The zero-order valence-electron chi connectivity index (χ0n) is 13.4.